The number of benzene rings is 2. The monoisotopic (exact) mass is 358 g/mol. The van der Waals surface area contributed by atoms with E-state index in [1.807, 2.05) is 30.3 Å². The number of nitrogens with zero attached hydrogens (tertiary/aromatic N) is 2. The maximum atomic E-state index is 13.2. The molecule has 0 radical (unpaired) electrons. The first-order valence-electron chi connectivity index (χ1n) is 7.73. The van der Waals surface area contributed by atoms with Crippen molar-refractivity contribution >= 4 is 17.6 Å². The summed E-state index contributed by atoms with van der Waals surface area (Å²) >= 11 is 6.32. The minimum Gasteiger partial charge on any atom is -0.457 e. The van der Waals surface area contributed by atoms with Gasteiger partial charge in [0.2, 0.25) is 0 Å². The molecule has 25 heavy (non-hydrogen) atoms. The lowest BCUT2D eigenvalue weighted by atomic mass is 10.2. The quantitative estimate of drug-likeness (QED) is 0.635. The van der Waals surface area contributed by atoms with Gasteiger partial charge in [-0.1, -0.05) is 54.1 Å². The summed E-state index contributed by atoms with van der Waals surface area (Å²) in [5.74, 6) is -0.954. The van der Waals surface area contributed by atoms with Gasteiger partial charge in [0, 0.05) is 0 Å². The van der Waals surface area contributed by atoms with Crippen LogP contribution in [-0.2, 0) is 17.9 Å². The molecular formula is C19H16ClFN2O2. The molecule has 2 aromatic carbocycles. The highest BCUT2D eigenvalue weighted by molar-refractivity contribution is 6.32. The van der Waals surface area contributed by atoms with Crippen molar-refractivity contribution in [1.29, 1.82) is 0 Å². The molecule has 0 bridgehead atoms. The van der Waals surface area contributed by atoms with Gasteiger partial charge < -0.3 is 4.74 Å². The molecule has 4 nitrogen and oxygen atoms in total. The lowest BCUT2D eigenvalue weighted by Crippen LogP contribution is -2.07. The van der Waals surface area contributed by atoms with E-state index in [1.54, 1.807) is 23.7 Å². The van der Waals surface area contributed by atoms with Crippen LogP contribution in [0.3, 0.4) is 0 Å². The number of rotatable bonds is 5. The second-order valence-electron chi connectivity index (χ2n) is 5.60. The number of esters is 1. The molecule has 3 aromatic rings. The standard InChI is InChI=1S/C19H16ClFN2O2/c1-13-17(19(24)25-12-15-8-5-9-16(21)10-15)18(20)23(22-13)11-14-6-3-2-4-7-14/h2-10H,11-12H2,1H3. The number of hydrogen-bond donors (Lipinski definition) is 0. The lowest BCUT2D eigenvalue weighted by molar-refractivity contribution is 0.0471. The molecule has 0 aliphatic heterocycles. The minimum atomic E-state index is -0.578. The summed E-state index contributed by atoms with van der Waals surface area (Å²) in [6.07, 6.45) is 0. The SMILES string of the molecule is Cc1nn(Cc2ccccc2)c(Cl)c1C(=O)OCc1cccc(F)c1. The van der Waals surface area contributed by atoms with Crippen molar-refractivity contribution in [2.24, 2.45) is 0 Å². The molecule has 0 fully saturated rings. The third kappa shape index (κ3) is 4.06. The van der Waals surface area contributed by atoms with E-state index >= 15 is 0 Å². The molecule has 0 spiro atoms. The largest absolute Gasteiger partial charge is 0.457 e. The lowest BCUT2D eigenvalue weighted by Gasteiger charge is -2.06. The number of halogens is 2. The molecule has 0 N–H and O–H groups in total. The molecule has 3 rings (SSSR count). The van der Waals surface area contributed by atoms with Gasteiger partial charge in [-0.2, -0.15) is 5.10 Å². The van der Waals surface area contributed by atoms with Crippen molar-refractivity contribution in [2.45, 2.75) is 20.1 Å². The van der Waals surface area contributed by atoms with Gasteiger partial charge in [0.05, 0.1) is 12.2 Å². The summed E-state index contributed by atoms with van der Waals surface area (Å²) in [6.45, 7) is 2.13. The molecule has 0 amide bonds. The van der Waals surface area contributed by atoms with Crippen LogP contribution in [0.4, 0.5) is 4.39 Å². The van der Waals surface area contributed by atoms with E-state index in [-0.39, 0.29) is 23.1 Å². The average molecular weight is 359 g/mol. The number of carbonyl (C=O) groups excluding carboxylic acids is 1. The molecular weight excluding hydrogens is 343 g/mol. The Morgan fingerprint density at radius 1 is 1.16 bits per heavy atom. The fourth-order valence-corrected chi connectivity index (χ4v) is 2.81. The number of ether oxygens (including phenoxy) is 1. The van der Waals surface area contributed by atoms with Gasteiger partial charge >= 0.3 is 5.97 Å². The van der Waals surface area contributed by atoms with E-state index in [9.17, 15) is 9.18 Å². The Labute approximate surface area is 149 Å². The highest BCUT2D eigenvalue weighted by Gasteiger charge is 2.21. The number of carbonyl (C=O) groups is 1. The van der Waals surface area contributed by atoms with Crippen LogP contribution in [0.2, 0.25) is 5.15 Å². The number of hydrogen-bond acceptors (Lipinski definition) is 3. The van der Waals surface area contributed by atoms with Crippen LogP contribution in [0, 0.1) is 12.7 Å². The van der Waals surface area contributed by atoms with Crippen molar-refractivity contribution in [3.05, 3.63) is 88.0 Å². The van der Waals surface area contributed by atoms with Crippen LogP contribution in [0.15, 0.2) is 54.6 Å². The summed E-state index contributed by atoms with van der Waals surface area (Å²) in [4.78, 5) is 12.4. The number of aryl methyl sites for hydroxylation is 1. The predicted molar refractivity (Wildman–Crippen MR) is 93.0 cm³/mol. The van der Waals surface area contributed by atoms with E-state index in [4.69, 9.17) is 16.3 Å². The highest BCUT2D eigenvalue weighted by atomic mass is 35.5. The summed E-state index contributed by atoms with van der Waals surface area (Å²) in [5.41, 5.74) is 2.31. The van der Waals surface area contributed by atoms with E-state index in [0.29, 0.717) is 17.8 Å². The third-order valence-electron chi connectivity index (χ3n) is 3.70. The molecule has 128 valence electrons. The van der Waals surface area contributed by atoms with E-state index in [0.717, 1.165) is 5.56 Å². The maximum Gasteiger partial charge on any atom is 0.343 e. The first-order valence-corrected chi connectivity index (χ1v) is 8.11. The molecule has 1 aromatic heterocycles. The Morgan fingerprint density at radius 3 is 2.60 bits per heavy atom. The Kier molecular flexibility index (Phi) is 5.14. The topological polar surface area (TPSA) is 44.1 Å². The third-order valence-corrected chi connectivity index (χ3v) is 4.09. The van der Waals surface area contributed by atoms with E-state index in [1.165, 1.54) is 12.1 Å². The first kappa shape index (κ1) is 17.2. The van der Waals surface area contributed by atoms with Crippen LogP contribution in [0.5, 0.6) is 0 Å². The molecule has 0 atom stereocenters. The highest BCUT2D eigenvalue weighted by Crippen LogP contribution is 2.22. The molecule has 1 heterocycles. The zero-order valence-corrected chi connectivity index (χ0v) is 14.3. The van der Waals surface area contributed by atoms with Crippen molar-refractivity contribution < 1.29 is 13.9 Å². The van der Waals surface area contributed by atoms with Crippen LogP contribution in [0.1, 0.15) is 27.2 Å². The Balaban J connectivity index is 1.74. The average Bonchev–Trinajstić information content (AvgIpc) is 2.87. The second-order valence-corrected chi connectivity index (χ2v) is 5.96. The molecule has 0 saturated heterocycles. The van der Waals surface area contributed by atoms with Gasteiger partial charge in [-0.3, -0.25) is 0 Å². The van der Waals surface area contributed by atoms with E-state index < -0.39 is 5.97 Å². The molecule has 6 heteroatoms. The second kappa shape index (κ2) is 7.49. The van der Waals surface area contributed by atoms with E-state index in [2.05, 4.69) is 5.10 Å². The first-order chi connectivity index (χ1) is 12.0. The summed E-state index contributed by atoms with van der Waals surface area (Å²) in [6, 6.07) is 15.6. The Morgan fingerprint density at radius 2 is 1.88 bits per heavy atom. The summed E-state index contributed by atoms with van der Waals surface area (Å²) < 4.78 is 20.0. The normalized spacial score (nSPS) is 10.7. The predicted octanol–water partition coefficient (Wildman–Crippen LogP) is 4.39. The van der Waals surface area contributed by atoms with Crippen LogP contribution in [-0.4, -0.2) is 15.7 Å². The van der Waals surface area contributed by atoms with Crippen LogP contribution < -0.4 is 0 Å². The van der Waals surface area contributed by atoms with Gasteiger partial charge in [0.25, 0.3) is 0 Å². The number of aromatic nitrogens is 2. The van der Waals surface area contributed by atoms with Gasteiger partial charge in [-0.15, -0.1) is 0 Å². The molecule has 0 aliphatic carbocycles. The van der Waals surface area contributed by atoms with Gasteiger partial charge in [0.15, 0.2) is 0 Å². The van der Waals surface area contributed by atoms with Crippen molar-refractivity contribution in [2.75, 3.05) is 0 Å². The van der Waals surface area contributed by atoms with Crippen molar-refractivity contribution in [3.63, 3.8) is 0 Å². The molecule has 0 saturated carbocycles. The minimum absolute atomic E-state index is 0.0315. The van der Waals surface area contributed by atoms with Crippen molar-refractivity contribution in [3.8, 4) is 0 Å². The van der Waals surface area contributed by atoms with Crippen LogP contribution in [0.25, 0.3) is 0 Å². The van der Waals surface area contributed by atoms with Gasteiger partial charge in [-0.05, 0) is 30.2 Å². The van der Waals surface area contributed by atoms with Crippen molar-refractivity contribution in [1.82, 2.24) is 9.78 Å². The fourth-order valence-electron chi connectivity index (χ4n) is 2.49. The fraction of sp³-hybridized carbons (Fsp3) is 0.158. The smallest absolute Gasteiger partial charge is 0.343 e. The molecule has 0 unspecified atom stereocenters. The zero-order valence-electron chi connectivity index (χ0n) is 13.6. The summed E-state index contributed by atoms with van der Waals surface area (Å²) in [7, 11) is 0. The maximum absolute atomic E-state index is 13.2. The zero-order chi connectivity index (χ0) is 17.8. The van der Waals surface area contributed by atoms with Gasteiger partial charge in [0.1, 0.15) is 23.1 Å². The van der Waals surface area contributed by atoms with Gasteiger partial charge in [-0.25, -0.2) is 13.9 Å². The molecule has 0 aliphatic rings. The Bertz CT molecular complexity index is 894. The summed E-state index contributed by atoms with van der Waals surface area (Å²) in [5, 5.41) is 4.55. The Hall–Kier alpha value is -2.66. The van der Waals surface area contributed by atoms with Crippen LogP contribution >= 0.6 is 11.6 Å².